The van der Waals surface area contributed by atoms with Crippen LogP contribution in [0.1, 0.15) is 32.1 Å². The molecule has 1 rings (SSSR count). The lowest BCUT2D eigenvalue weighted by Crippen LogP contribution is -2.28. The lowest BCUT2D eigenvalue weighted by atomic mass is 10.1. The molecule has 0 heterocycles. The molecule has 1 aliphatic carbocycles. The molecule has 0 aromatic rings. The first-order chi connectivity index (χ1) is 15.6. The Bertz CT molecular complexity index is 819. The highest BCUT2D eigenvalue weighted by Crippen LogP contribution is 2.31. The first-order valence-electron chi connectivity index (χ1n) is 10.7. The fraction of sp³-hybridized carbons (Fsp3) is 0.440. The summed E-state index contributed by atoms with van der Waals surface area (Å²) in [5.74, 6) is -0.640. The molecule has 0 aliphatic heterocycles. The monoisotopic (exact) mass is 480 g/mol. The standard InChI is InChI=1S/C25H34ClFN2O4/c1-17(9-10-18(2)14-32-5)13-28-22(30)12-11-20(4)29-23(31)16-33-15-21-8-6-7-19(3)24(26)25(21)27/h9-10,15,24-25H,1-4,6-8,11-14,16H2,5H3,(H,28,30)(H,29,31)/b10-9-,21-15+. The van der Waals surface area contributed by atoms with Gasteiger partial charge in [-0.05, 0) is 42.4 Å². The maximum atomic E-state index is 14.4. The van der Waals surface area contributed by atoms with Crippen LogP contribution in [0.4, 0.5) is 4.39 Å². The maximum absolute atomic E-state index is 14.4. The van der Waals surface area contributed by atoms with Crippen molar-refractivity contribution >= 4 is 23.4 Å². The molecule has 33 heavy (non-hydrogen) atoms. The Labute approximate surface area is 200 Å². The van der Waals surface area contributed by atoms with Gasteiger partial charge in [-0.3, -0.25) is 9.59 Å². The van der Waals surface area contributed by atoms with Gasteiger partial charge in [0.2, 0.25) is 5.91 Å². The molecular weight excluding hydrogens is 447 g/mol. The van der Waals surface area contributed by atoms with E-state index in [0.717, 1.165) is 12.0 Å². The molecule has 1 aliphatic rings. The van der Waals surface area contributed by atoms with E-state index in [0.29, 0.717) is 48.4 Å². The number of nitrogens with one attached hydrogen (secondary N) is 2. The van der Waals surface area contributed by atoms with Gasteiger partial charge < -0.3 is 20.1 Å². The van der Waals surface area contributed by atoms with Gasteiger partial charge in [-0.25, -0.2) is 4.39 Å². The summed E-state index contributed by atoms with van der Waals surface area (Å²) in [6, 6.07) is 0. The fourth-order valence-corrected chi connectivity index (χ4v) is 3.20. The highest BCUT2D eigenvalue weighted by molar-refractivity contribution is 6.23. The number of hydrogen-bond donors (Lipinski definition) is 2. The molecule has 6 nitrogen and oxygen atoms in total. The quantitative estimate of drug-likeness (QED) is 0.134. The third kappa shape index (κ3) is 11.7. The predicted molar refractivity (Wildman–Crippen MR) is 130 cm³/mol. The number of ether oxygens (including phenoxy) is 2. The van der Waals surface area contributed by atoms with Crippen LogP contribution in [0.2, 0.25) is 0 Å². The number of allylic oxidation sites excluding steroid dienone is 3. The number of alkyl halides is 2. The SMILES string of the molecule is C=C(/C=C\C(=C)COC)CNC(=O)CCC(=C)NC(=O)CO/C=C1\CCCC(=C)C(Cl)C1F. The van der Waals surface area contributed by atoms with E-state index in [9.17, 15) is 14.0 Å². The van der Waals surface area contributed by atoms with Gasteiger partial charge in [0.1, 0.15) is 6.17 Å². The molecule has 0 saturated heterocycles. The number of rotatable bonds is 13. The van der Waals surface area contributed by atoms with Gasteiger partial charge in [-0.2, -0.15) is 0 Å². The van der Waals surface area contributed by atoms with Crippen molar-refractivity contribution in [1.29, 1.82) is 0 Å². The second kappa shape index (κ2) is 15.2. The lowest BCUT2D eigenvalue weighted by Gasteiger charge is -2.15. The minimum Gasteiger partial charge on any atom is -0.491 e. The van der Waals surface area contributed by atoms with Gasteiger partial charge in [0.15, 0.2) is 6.61 Å². The number of carbonyl (C=O) groups excluding carboxylic acids is 2. The molecule has 0 radical (unpaired) electrons. The molecule has 8 heteroatoms. The fourth-order valence-electron chi connectivity index (χ4n) is 2.93. The second-order valence-electron chi connectivity index (χ2n) is 7.83. The van der Waals surface area contributed by atoms with Crippen molar-refractivity contribution in [2.45, 2.75) is 43.7 Å². The van der Waals surface area contributed by atoms with Gasteiger partial charge in [-0.15, -0.1) is 11.6 Å². The zero-order valence-electron chi connectivity index (χ0n) is 19.3. The van der Waals surface area contributed by atoms with Crippen molar-refractivity contribution in [3.8, 4) is 0 Å². The molecule has 0 bridgehead atoms. The largest absolute Gasteiger partial charge is 0.491 e. The van der Waals surface area contributed by atoms with Crippen LogP contribution in [-0.2, 0) is 19.1 Å². The topological polar surface area (TPSA) is 76.7 Å². The van der Waals surface area contributed by atoms with Crippen LogP contribution in [-0.4, -0.2) is 50.2 Å². The molecule has 1 fully saturated rings. The number of methoxy groups -OCH3 is 1. The molecule has 2 unspecified atom stereocenters. The number of hydrogen-bond acceptors (Lipinski definition) is 4. The average molecular weight is 481 g/mol. The summed E-state index contributed by atoms with van der Waals surface area (Å²) in [5, 5.41) is 4.53. The van der Waals surface area contributed by atoms with E-state index in [1.807, 2.05) is 0 Å². The van der Waals surface area contributed by atoms with Gasteiger partial charge in [0.25, 0.3) is 5.91 Å². The molecule has 0 spiro atoms. The average Bonchev–Trinajstić information content (AvgIpc) is 2.88. The first kappa shape index (κ1) is 28.4. The van der Waals surface area contributed by atoms with Gasteiger partial charge >= 0.3 is 0 Å². The Kier molecular flexibility index (Phi) is 13.1. The summed E-state index contributed by atoms with van der Waals surface area (Å²) in [5.41, 5.74) is 2.98. The summed E-state index contributed by atoms with van der Waals surface area (Å²) in [4.78, 5) is 24.0. The third-order valence-electron chi connectivity index (χ3n) is 4.78. The Morgan fingerprint density at radius 1 is 1.12 bits per heavy atom. The molecule has 0 aromatic carbocycles. The predicted octanol–water partition coefficient (Wildman–Crippen LogP) is 4.41. The van der Waals surface area contributed by atoms with Crippen LogP contribution in [0.25, 0.3) is 0 Å². The van der Waals surface area contributed by atoms with Crippen molar-refractivity contribution in [2.24, 2.45) is 0 Å². The van der Waals surface area contributed by atoms with E-state index in [4.69, 9.17) is 21.1 Å². The van der Waals surface area contributed by atoms with Crippen molar-refractivity contribution in [1.82, 2.24) is 10.6 Å². The van der Waals surface area contributed by atoms with Crippen molar-refractivity contribution in [3.63, 3.8) is 0 Å². The number of amides is 2. The summed E-state index contributed by atoms with van der Waals surface area (Å²) in [7, 11) is 1.59. The highest BCUT2D eigenvalue weighted by atomic mass is 35.5. The Morgan fingerprint density at radius 3 is 2.52 bits per heavy atom. The zero-order chi connectivity index (χ0) is 24.8. The molecule has 2 N–H and O–H groups in total. The Morgan fingerprint density at radius 2 is 1.82 bits per heavy atom. The van der Waals surface area contributed by atoms with E-state index in [1.165, 1.54) is 6.26 Å². The summed E-state index contributed by atoms with van der Waals surface area (Å²) < 4.78 is 24.6. The maximum Gasteiger partial charge on any atom is 0.261 e. The van der Waals surface area contributed by atoms with Crippen LogP contribution >= 0.6 is 11.6 Å². The van der Waals surface area contributed by atoms with Crippen LogP contribution in [0, 0.1) is 0 Å². The number of carbonyl (C=O) groups is 2. The van der Waals surface area contributed by atoms with E-state index in [1.54, 1.807) is 19.3 Å². The highest BCUT2D eigenvalue weighted by Gasteiger charge is 2.28. The normalized spacial score (nSPS) is 19.7. The van der Waals surface area contributed by atoms with Gasteiger partial charge in [0, 0.05) is 25.8 Å². The second-order valence-corrected chi connectivity index (χ2v) is 8.30. The smallest absolute Gasteiger partial charge is 0.261 e. The Hall–Kier alpha value is -2.64. The lowest BCUT2D eigenvalue weighted by molar-refractivity contribution is -0.124. The molecule has 182 valence electrons. The van der Waals surface area contributed by atoms with Gasteiger partial charge in [-0.1, -0.05) is 44.0 Å². The minimum absolute atomic E-state index is 0.155. The van der Waals surface area contributed by atoms with E-state index in [2.05, 4.69) is 36.9 Å². The zero-order valence-corrected chi connectivity index (χ0v) is 20.0. The van der Waals surface area contributed by atoms with Crippen LogP contribution in [0.5, 0.6) is 0 Å². The first-order valence-corrected chi connectivity index (χ1v) is 11.1. The molecule has 1 saturated carbocycles. The summed E-state index contributed by atoms with van der Waals surface area (Å²) in [6.07, 6.45) is 5.74. The van der Waals surface area contributed by atoms with Crippen LogP contribution in [0.3, 0.4) is 0 Å². The van der Waals surface area contributed by atoms with Gasteiger partial charge in [0.05, 0.1) is 18.2 Å². The van der Waals surface area contributed by atoms with Crippen LogP contribution in [0.15, 0.2) is 72.7 Å². The molecular formula is C25H34ClFN2O4. The summed E-state index contributed by atoms with van der Waals surface area (Å²) >= 11 is 6.06. The molecule has 0 aromatic heterocycles. The molecule has 2 atom stereocenters. The van der Waals surface area contributed by atoms with E-state index < -0.39 is 17.5 Å². The number of halogens is 2. The van der Waals surface area contributed by atoms with E-state index >= 15 is 0 Å². The van der Waals surface area contributed by atoms with E-state index in [-0.39, 0.29) is 25.4 Å². The molecule has 2 amide bonds. The Balaban J connectivity index is 2.29. The van der Waals surface area contributed by atoms with Crippen molar-refractivity contribution in [2.75, 3.05) is 26.9 Å². The van der Waals surface area contributed by atoms with Crippen molar-refractivity contribution < 1.29 is 23.5 Å². The minimum atomic E-state index is -1.38. The summed E-state index contributed by atoms with van der Waals surface area (Å²) in [6.45, 7) is 15.6. The third-order valence-corrected chi connectivity index (χ3v) is 5.31. The van der Waals surface area contributed by atoms with Crippen molar-refractivity contribution in [3.05, 3.63) is 72.7 Å². The van der Waals surface area contributed by atoms with Crippen LogP contribution < -0.4 is 10.6 Å².